The highest BCUT2D eigenvalue weighted by Gasteiger charge is 2.29. The Bertz CT molecular complexity index is 346. The van der Waals surface area contributed by atoms with Gasteiger partial charge in [0.2, 0.25) is 0 Å². The van der Waals surface area contributed by atoms with Crippen LogP contribution >= 0.6 is 0 Å². The van der Waals surface area contributed by atoms with Gasteiger partial charge in [0, 0.05) is 20.3 Å². The molecule has 0 spiro atoms. The van der Waals surface area contributed by atoms with Crippen molar-refractivity contribution in [2.45, 2.75) is 102 Å². The van der Waals surface area contributed by atoms with Gasteiger partial charge in [-0.15, -0.1) is 0 Å². The molecule has 0 saturated carbocycles. The van der Waals surface area contributed by atoms with Crippen LogP contribution in [0.2, 0.25) is 0 Å². The molecule has 0 aromatic rings. The predicted octanol–water partition coefficient (Wildman–Crippen LogP) is 4.90. The average molecular weight is 401 g/mol. The molecule has 5 nitrogen and oxygen atoms in total. The third-order valence-corrected chi connectivity index (χ3v) is 5.92. The monoisotopic (exact) mass is 400 g/mol. The Morgan fingerprint density at radius 1 is 0.714 bits per heavy atom. The lowest BCUT2D eigenvalue weighted by molar-refractivity contribution is -0.0453. The molecule has 5 heteroatoms. The van der Waals surface area contributed by atoms with Crippen molar-refractivity contribution in [3.8, 4) is 0 Å². The van der Waals surface area contributed by atoms with Crippen LogP contribution in [0.4, 0.5) is 0 Å². The number of epoxide rings is 2. The smallest absolute Gasteiger partial charge is 0.104 e. The Kier molecular flexibility index (Phi) is 12.7. The van der Waals surface area contributed by atoms with Crippen LogP contribution in [0.1, 0.15) is 84.0 Å². The van der Waals surface area contributed by atoms with Gasteiger partial charge < -0.3 is 23.7 Å². The molecule has 2 saturated heterocycles. The molecule has 2 heterocycles. The summed E-state index contributed by atoms with van der Waals surface area (Å²) in [4.78, 5) is 0. The molecule has 2 fully saturated rings. The number of methoxy groups -OCH3 is 1. The van der Waals surface area contributed by atoms with Crippen LogP contribution in [0.15, 0.2) is 0 Å². The fraction of sp³-hybridized carbons (Fsp3) is 1.00. The first-order chi connectivity index (χ1) is 13.8. The Morgan fingerprint density at radius 2 is 1.18 bits per heavy atom. The highest BCUT2D eigenvalue weighted by Crippen LogP contribution is 2.30. The van der Waals surface area contributed by atoms with Gasteiger partial charge in [-0.05, 0) is 32.1 Å². The minimum absolute atomic E-state index is 0.0255. The van der Waals surface area contributed by atoms with Crippen LogP contribution in [0.5, 0.6) is 0 Å². The fourth-order valence-corrected chi connectivity index (χ4v) is 3.84. The van der Waals surface area contributed by atoms with Crippen molar-refractivity contribution in [1.29, 1.82) is 0 Å². The molecule has 2 aliphatic heterocycles. The lowest BCUT2D eigenvalue weighted by Crippen LogP contribution is -2.32. The minimum atomic E-state index is -0.0255. The molecule has 166 valence electrons. The van der Waals surface area contributed by atoms with Crippen molar-refractivity contribution in [3.63, 3.8) is 0 Å². The van der Waals surface area contributed by atoms with Crippen LogP contribution in [-0.4, -0.2) is 64.6 Å². The average Bonchev–Trinajstić information content (AvgIpc) is 3.61. The van der Waals surface area contributed by atoms with Crippen molar-refractivity contribution in [2.24, 2.45) is 0 Å². The predicted molar refractivity (Wildman–Crippen MR) is 112 cm³/mol. The molecular formula is C23H44O5. The van der Waals surface area contributed by atoms with E-state index in [9.17, 15) is 0 Å². The zero-order valence-electron chi connectivity index (χ0n) is 18.4. The number of unbranched alkanes of at least 4 members (excludes halogenated alkanes) is 6. The topological polar surface area (TPSA) is 52.8 Å². The van der Waals surface area contributed by atoms with Crippen LogP contribution in [0.25, 0.3) is 0 Å². The zero-order valence-corrected chi connectivity index (χ0v) is 18.4. The van der Waals surface area contributed by atoms with E-state index in [0.29, 0.717) is 12.2 Å². The standard InChI is InChI=1S/C23H44O5/c1-3-4-5-6-7-8-9-12-23(24-2,13-10-15-25-17-21-19-27-21)14-11-16-26-18-22-20-28-22/h21-22H,3-20H2,1-2H3. The summed E-state index contributed by atoms with van der Waals surface area (Å²) in [7, 11) is 1.89. The van der Waals surface area contributed by atoms with Crippen LogP contribution < -0.4 is 0 Å². The second-order valence-electron chi connectivity index (χ2n) is 8.53. The Balaban J connectivity index is 1.62. The van der Waals surface area contributed by atoms with E-state index < -0.39 is 0 Å². The number of rotatable bonds is 21. The minimum Gasteiger partial charge on any atom is -0.379 e. The SMILES string of the molecule is CCCCCCCCCC(CCCOCC1CO1)(CCCOCC1CO1)OC. The first kappa shape index (κ1) is 24.1. The van der Waals surface area contributed by atoms with Gasteiger partial charge in [-0.2, -0.15) is 0 Å². The maximum atomic E-state index is 6.10. The van der Waals surface area contributed by atoms with E-state index in [2.05, 4.69) is 6.92 Å². The molecule has 2 aliphatic rings. The molecule has 0 N–H and O–H groups in total. The Hall–Kier alpha value is -0.200. The van der Waals surface area contributed by atoms with E-state index in [4.69, 9.17) is 23.7 Å². The van der Waals surface area contributed by atoms with Crippen molar-refractivity contribution < 1.29 is 23.7 Å². The third-order valence-electron chi connectivity index (χ3n) is 5.92. The summed E-state index contributed by atoms with van der Waals surface area (Å²) in [5, 5.41) is 0. The molecule has 2 rings (SSSR count). The van der Waals surface area contributed by atoms with Crippen LogP contribution in [-0.2, 0) is 23.7 Å². The Labute approximate surface area is 172 Å². The van der Waals surface area contributed by atoms with Crippen molar-refractivity contribution in [1.82, 2.24) is 0 Å². The van der Waals surface area contributed by atoms with Crippen LogP contribution in [0, 0.1) is 0 Å². The molecule has 0 aromatic carbocycles. The quantitative estimate of drug-likeness (QED) is 0.202. The van der Waals surface area contributed by atoms with E-state index in [1.807, 2.05) is 7.11 Å². The largest absolute Gasteiger partial charge is 0.379 e. The van der Waals surface area contributed by atoms with Gasteiger partial charge in [-0.25, -0.2) is 0 Å². The molecule has 28 heavy (non-hydrogen) atoms. The Morgan fingerprint density at radius 3 is 1.64 bits per heavy atom. The first-order valence-electron chi connectivity index (χ1n) is 11.7. The molecule has 2 atom stereocenters. The number of hydrogen-bond donors (Lipinski definition) is 0. The summed E-state index contributed by atoms with van der Waals surface area (Å²) in [5.41, 5.74) is -0.0255. The van der Waals surface area contributed by atoms with Gasteiger partial charge >= 0.3 is 0 Å². The van der Waals surface area contributed by atoms with Gasteiger partial charge in [0.25, 0.3) is 0 Å². The van der Waals surface area contributed by atoms with E-state index in [1.165, 1.54) is 44.9 Å². The van der Waals surface area contributed by atoms with Gasteiger partial charge in [0.15, 0.2) is 0 Å². The van der Waals surface area contributed by atoms with E-state index in [1.54, 1.807) is 0 Å². The van der Waals surface area contributed by atoms with Crippen molar-refractivity contribution in [3.05, 3.63) is 0 Å². The molecule has 0 aromatic heterocycles. The van der Waals surface area contributed by atoms with E-state index in [0.717, 1.165) is 71.7 Å². The van der Waals surface area contributed by atoms with Gasteiger partial charge in [0.1, 0.15) is 12.2 Å². The number of hydrogen-bond acceptors (Lipinski definition) is 5. The van der Waals surface area contributed by atoms with E-state index >= 15 is 0 Å². The summed E-state index contributed by atoms with van der Waals surface area (Å²) in [6, 6.07) is 0. The maximum absolute atomic E-state index is 6.10. The van der Waals surface area contributed by atoms with Gasteiger partial charge in [-0.1, -0.05) is 51.9 Å². The normalized spacial score (nSPS) is 22.9. The maximum Gasteiger partial charge on any atom is 0.104 e. The zero-order chi connectivity index (χ0) is 19.9. The van der Waals surface area contributed by atoms with E-state index in [-0.39, 0.29) is 5.60 Å². The first-order valence-corrected chi connectivity index (χ1v) is 11.7. The second kappa shape index (κ2) is 14.7. The summed E-state index contributed by atoms with van der Waals surface area (Å²) in [6.07, 6.45) is 15.5. The molecule has 0 bridgehead atoms. The molecule has 0 aliphatic carbocycles. The summed E-state index contributed by atoms with van der Waals surface area (Å²) in [6.45, 7) is 7.10. The molecule has 0 radical (unpaired) electrons. The second-order valence-corrected chi connectivity index (χ2v) is 8.53. The van der Waals surface area contributed by atoms with Crippen molar-refractivity contribution in [2.75, 3.05) is 46.8 Å². The summed E-state index contributed by atoms with van der Waals surface area (Å²) >= 11 is 0. The number of ether oxygens (including phenoxy) is 5. The lowest BCUT2D eigenvalue weighted by atomic mass is 9.86. The fourth-order valence-electron chi connectivity index (χ4n) is 3.84. The highest BCUT2D eigenvalue weighted by molar-refractivity contribution is 4.81. The third kappa shape index (κ3) is 11.7. The molecular weight excluding hydrogens is 356 g/mol. The lowest BCUT2D eigenvalue weighted by Gasteiger charge is -2.33. The van der Waals surface area contributed by atoms with Gasteiger partial charge in [0.05, 0.1) is 32.0 Å². The summed E-state index contributed by atoms with van der Waals surface area (Å²) < 4.78 is 28.0. The highest BCUT2D eigenvalue weighted by atomic mass is 16.6. The summed E-state index contributed by atoms with van der Waals surface area (Å²) in [5.74, 6) is 0. The van der Waals surface area contributed by atoms with Gasteiger partial charge in [-0.3, -0.25) is 0 Å². The van der Waals surface area contributed by atoms with Crippen LogP contribution in [0.3, 0.4) is 0 Å². The van der Waals surface area contributed by atoms with Crippen molar-refractivity contribution >= 4 is 0 Å². The molecule has 2 unspecified atom stereocenters. The molecule has 0 amide bonds.